The lowest BCUT2D eigenvalue weighted by Gasteiger charge is -2.08. The van der Waals surface area contributed by atoms with E-state index in [1.54, 1.807) is 0 Å². The molecule has 0 aliphatic carbocycles. The van der Waals surface area contributed by atoms with Crippen molar-refractivity contribution in [3.8, 4) is 0 Å². The molecular formula is C5H13N2P. The highest BCUT2D eigenvalue weighted by molar-refractivity contribution is 7.34. The highest BCUT2D eigenvalue weighted by Gasteiger charge is 2.10. The van der Waals surface area contributed by atoms with E-state index in [1.807, 2.05) is 0 Å². The van der Waals surface area contributed by atoms with Crippen molar-refractivity contribution in [1.29, 1.82) is 0 Å². The molecule has 1 aliphatic rings. The summed E-state index contributed by atoms with van der Waals surface area (Å²) in [7, 11) is 0.879. The maximum Gasteiger partial charge on any atom is 0.0603 e. The molecule has 1 rings (SSSR count). The second kappa shape index (κ2) is 3.39. The average molecular weight is 132 g/mol. The first-order valence-corrected chi connectivity index (χ1v) is 4.59. The molecule has 0 aromatic rings. The van der Waals surface area contributed by atoms with Crippen molar-refractivity contribution >= 4 is 8.73 Å². The summed E-state index contributed by atoms with van der Waals surface area (Å²) < 4.78 is 0. The maximum atomic E-state index is 3.36. The highest BCUT2D eigenvalue weighted by atomic mass is 31.1. The van der Waals surface area contributed by atoms with Crippen LogP contribution in [0.4, 0.5) is 0 Å². The van der Waals surface area contributed by atoms with Crippen LogP contribution < -0.4 is 10.4 Å². The van der Waals surface area contributed by atoms with Crippen LogP contribution in [0.2, 0.25) is 0 Å². The second-order valence-corrected chi connectivity index (χ2v) is 2.83. The summed E-state index contributed by atoms with van der Waals surface area (Å²) in [6.45, 7) is 3.36. The topological polar surface area (TPSA) is 24.1 Å². The van der Waals surface area contributed by atoms with E-state index in [2.05, 4.69) is 17.1 Å². The Bertz CT molecular complexity index is 61.4. The maximum absolute atomic E-state index is 3.36. The Balaban J connectivity index is 2.06. The Hall–Kier alpha value is 0.350. The summed E-state index contributed by atoms with van der Waals surface area (Å²) >= 11 is 0. The van der Waals surface area contributed by atoms with E-state index in [1.165, 1.54) is 19.4 Å². The molecule has 0 radical (unpaired) electrons. The van der Waals surface area contributed by atoms with Crippen molar-refractivity contribution < 1.29 is 0 Å². The van der Waals surface area contributed by atoms with Crippen LogP contribution in [0.3, 0.4) is 0 Å². The van der Waals surface area contributed by atoms with Crippen LogP contribution >= 0.6 is 8.73 Å². The van der Waals surface area contributed by atoms with Crippen LogP contribution in [0.25, 0.3) is 0 Å². The summed E-state index contributed by atoms with van der Waals surface area (Å²) in [6.07, 6.45) is 3.27. The van der Waals surface area contributed by atoms with E-state index in [0.29, 0.717) is 6.17 Å². The van der Waals surface area contributed by atoms with Crippen molar-refractivity contribution in [3.63, 3.8) is 0 Å². The SMILES string of the molecule is CPNC1CCCN1. The largest absolute Gasteiger partial charge is 0.302 e. The van der Waals surface area contributed by atoms with Gasteiger partial charge >= 0.3 is 0 Å². The molecule has 1 aliphatic heterocycles. The van der Waals surface area contributed by atoms with E-state index in [0.717, 1.165) is 8.73 Å². The number of hydrogen-bond acceptors (Lipinski definition) is 2. The molecule has 0 saturated carbocycles. The quantitative estimate of drug-likeness (QED) is 0.535. The standard InChI is InChI=1S/C5H13N2P/c1-8-7-5-3-2-4-6-5/h5-8H,2-4H2,1H3. The first kappa shape index (κ1) is 6.47. The Labute approximate surface area is 52.3 Å². The fourth-order valence-corrected chi connectivity index (χ4v) is 1.58. The van der Waals surface area contributed by atoms with Crippen LogP contribution in [-0.4, -0.2) is 19.4 Å². The van der Waals surface area contributed by atoms with Crippen molar-refractivity contribution in [2.24, 2.45) is 0 Å². The zero-order chi connectivity index (χ0) is 5.82. The summed E-state index contributed by atoms with van der Waals surface area (Å²) in [4.78, 5) is 0. The van der Waals surface area contributed by atoms with Crippen molar-refractivity contribution in [2.75, 3.05) is 13.2 Å². The molecule has 0 aromatic carbocycles. The van der Waals surface area contributed by atoms with E-state index >= 15 is 0 Å². The lowest BCUT2D eigenvalue weighted by molar-refractivity contribution is 0.592. The normalized spacial score (nSPS) is 30.4. The van der Waals surface area contributed by atoms with Gasteiger partial charge in [0.1, 0.15) is 0 Å². The summed E-state index contributed by atoms with van der Waals surface area (Å²) in [5.41, 5.74) is 0. The van der Waals surface area contributed by atoms with Crippen molar-refractivity contribution in [1.82, 2.24) is 10.4 Å². The minimum atomic E-state index is 0.623. The van der Waals surface area contributed by atoms with Crippen LogP contribution in [0.1, 0.15) is 12.8 Å². The molecule has 2 nitrogen and oxygen atoms in total. The Kier molecular flexibility index (Phi) is 2.74. The fraction of sp³-hybridized carbons (Fsp3) is 1.00. The number of rotatable bonds is 2. The molecule has 2 unspecified atom stereocenters. The smallest absolute Gasteiger partial charge is 0.0603 e. The molecule has 8 heavy (non-hydrogen) atoms. The van der Waals surface area contributed by atoms with Crippen LogP contribution in [0, 0.1) is 0 Å². The fourth-order valence-electron chi connectivity index (χ4n) is 0.982. The minimum absolute atomic E-state index is 0.623. The molecular weight excluding hydrogens is 119 g/mol. The molecule has 48 valence electrons. The van der Waals surface area contributed by atoms with Gasteiger partial charge in [0.05, 0.1) is 6.17 Å². The molecule has 3 heteroatoms. The van der Waals surface area contributed by atoms with Gasteiger partial charge in [0.2, 0.25) is 0 Å². The first-order chi connectivity index (χ1) is 3.93. The molecule has 0 amide bonds. The Morgan fingerprint density at radius 1 is 1.75 bits per heavy atom. The van der Waals surface area contributed by atoms with Gasteiger partial charge in [0, 0.05) is 0 Å². The lowest BCUT2D eigenvalue weighted by atomic mass is 10.3. The van der Waals surface area contributed by atoms with E-state index in [4.69, 9.17) is 0 Å². The first-order valence-electron chi connectivity index (χ1n) is 3.09. The molecule has 0 bridgehead atoms. The molecule has 1 saturated heterocycles. The van der Waals surface area contributed by atoms with E-state index < -0.39 is 0 Å². The monoisotopic (exact) mass is 132 g/mol. The third-order valence-corrected chi connectivity index (χ3v) is 2.02. The van der Waals surface area contributed by atoms with Gasteiger partial charge in [-0.25, -0.2) is 0 Å². The van der Waals surface area contributed by atoms with Gasteiger partial charge in [0.25, 0.3) is 0 Å². The summed E-state index contributed by atoms with van der Waals surface area (Å²) in [5.74, 6) is 0. The lowest BCUT2D eigenvalue weighted by Crippen LogP contribution is -2.31. The summed E-state index contributed by atoms with van der Waals surface area (Å²) in [5, 5.41) is 6.71. The van der Waals surface area contributed by atoms with Gasteiger partial charge in [-0.2, -0.15) is 0 Å². The van der Waals surface area contributed by atoms with E-state index in [-0.39, 0.29) is 0 Å². The van der Waals surface area contributed by atoms with Gasteiger partial charge in [-0.3, -0.25) is 5.09 Å². The van der Waals surface area contributed by atoms with Gasteiger partial charge in [-0.1, -0.05) is 8.73 Å². The van der Waals surface area contributed by atoms with Gasteiger partial charge in [0.15, 0.2) is 0 Å². The predicted molar refractivity (Wildman–Crippen MR) is 38.4 cm³/mol. The molecule has 1 heterocycles. The van der Waals surface area contributed by atoms with Gasteiger partial charge in [-0.15, -0.1) is 0 Å². The average Bonchev–Trinajstić information content (AvgIpc) is 2.19. The zero-order valence-electron chi connectivity index (χ0n) is 5.20. The third kappa shape index (κ3) is 1.70. The third-order valence-electron chi connectivity index (χ3n) is 1.38. The minimum Gasteiger partial charge on any atom is -0.302 e. The van der Waals surface area contributed by atoms with Gasteiger partial charge < -0.3 is 5.32 Å². The number of hydrogen-bond donors (Lipinski definition) is 2. The van der Waals surface area contributed by atoms with Crippen molar-refractivity contribution in [3.05, 3.63) is 0 Å². The van der Waals surface area contributed by atoms with Crippen LogP contribution in [0.5, 0.6) is 0 Å². The molecule has 0 aromatic heterocycles. The molecule has 2 N–H and O–H groups in total. The summed E-state index contributed by atoms with van der Waals surface area (Å²) in [6, 6.07) is 0. The Morgan fingerprint density at radius 3 is 3.12 bits per heavy atom. The second-order valence-electron chi connectivity index (χ2n) is 2.04. The van der Waals surface area contributed by atoms with E-state index in [9.17, 15) is 0 Å². The number of nitrogens with one attached hydrogen (secondary N) is 2. The molecule has 0 spiro atoms. The van der Waals surface area contributed by atoms with Crippen LogP contribution in [-0.2, 0) is 0 Å². The molecule has 1 fully saturated rings. The predicted octanol–water partition coefficient (Wildman–Crippen LogP) is 0.509. The zero-order valence-corrected chi connectivity index (χ0v) is 6.20. The highest BCUT2D eigenvalue weighted by Crippen LogP contribution is 2.06. The molecule has 2 atom stereocenters. The van der Waals surface area contributed by atoms with Crippen molar-refractivity contribution in [2.45, 2.75) is 19.0 Å². The van der Waals surface area contributed by atoms with Crippen LogP contribution in [0.15, 0.2) is 0 Å². The Morgan fingerprint density at radius 2 is 2.62 bits per heavy atom. The van der Waals surface area contributed by atoms with Gasteiger partial charge in [-0.05, 0) is 26.1 Å².